The molecule has 3 heteroatoms. The van der Waals surface area contributed by atoms with Crippen LogP contribution in [0.1, 0.15) is 20.8 Å². The molecule has 0 rings (SSSR count). The van der Waals surface area contributed by atoms with Gasteiger partial charge in [-0.2, -0.15) is 5.26 Å². The van der Waals surface area contributed by atoms with Gasteiger partial charge < -0.3 is 0 Å². The molecule has 0 saturated carbocycles. The van der Waals surface area contributed by atoms with Crippen molar-refractivity contribution >= 4 is 10.8 Å². The van der Waals surface area contributed by atoms with Crippen molar-refractivity contribution in [2.24, 2.45) is 0 Å². The van der Waals surface area contributed by atoms with E-state index in [0.29, 0.717) is 0 Å². The molecule has 0 aliphatic heterocycles. The summed E-state index contributed by atoms with van der Waals surface area (Å²) in [5.74, 6) is 0. The van der Waals surface area contributed by atoms with Gasteiger partial charge in [0.2, 0.25) is 0 Å². The predicted molar refractivity (Wildman–Crippen MR) is 38.4 cm³/mol. The molecule has 0 fully saturated rings. The summed E-state index contributed by atoms with van der Waals surface area (Å²) >= 11 is 0. The van der Waals surface area contributed by atoms with Crippen LogP contribution in [-0.4, -0.2) is 14.7 Å². The van der Waals surface area contributed by atoms with Crippen LogP contribution in [0.4, 0.5) is 0 Å². The summed E-state index contributed by atoms with van der Waals surface area (Å²) < 4.78 is 11.0. The lowest BCUT2D eigenvalue weighted by Gasteiger charge is -2.04. The molecule has 0 N–H and O–H groups in total. The number of nitriles is 1. The minimum atomic E-state index is -0.978. The maximum Gasteiger partial charge on any atom is 0.119 e. The van der Waals surface area contributed by atoms with Gasteiger partial charge in [0.05, 0.1) is 6.07 Å². The molecule has 0 bridgehead atoms. The van der Waals surface area contributed by atoms with Gasteiger partial charge in [-0.25, -0.2) is 0 Å². The molecular weight excluding hydrogens is 134 g/mol. The van der Waals surface area contributed by atoms with Gasteiger partial charge in [-0.3, -0.25) is 4.21 Å². The second kappa shape index (κ2) is 3.62. The molecule has 2 nitrogen and oxygen atoms in total. The molecule has 0 amide bonds. The lowest BCUT2D eigenvalue weighted by atomic mass is 10.5. The number of rotatable bonds is 2. The summed E-state index contributed by atoms with van der Waals surface area (Å²) in [6.07, 6.45) is 0. The first-order valence-corrected chi connectivity index (χ1v) is 4.16. The lowest BCUT2D eigenvalue weighted by molar-refractivity contribution is 0.673. The van der Waals surface area contributed by atoms with E-state index in [9.17, 15) is 4.21 Å². The molecule has 0 aliphatic rings. The topological polar surface area (TPSA) is 40.9 Å². The molecule has 0 aromatic heterocycles. The van der Waals surface area contributed by atoms with Crippen LogP contribution < -0.4 is 0 Å². The Bertz CT molecular complexity index is 148. The van der Waals surface area contributed by atoms with Crippen LogP contribution in [0.5, 0.6) is 0 Å². The summed E-state index contributed by atoms with van der Waals surface area (Å²) in [5, 5.41) is 8.08. The van der Waals surface area contributed by atoms with Crippen molar-refractivity contribution in [1.29, 1.82) is 5.26 Å². The highest BCUT2D eigenvalue weighted by Gasteiger charge is 2.12. The van der Waals surface area contributed by atoms with Gasteiger partial charge in [-0.15, -0.1) is 0 Å². The minimum Gasteiger partial charge on any atom is -0.258 e. The molecule has 0 heterocycles. The van der Waals surface area contributed by atoms with Crippen molar-refractivity contribution in [3.63, 3.8) is 0 Å². The van der Waals surface area contributed by atoms with E-state index in [-0.39, 0.29) is 10.5 Å². The highest BCUT2D eigenvalue weighted by Crippen LogP contribution is 2.00. The molecule has 0 saturated heterocycles. The summed E-state index contributed by atoms with van der Waals surface area (Å²) in [7, 11) is -0.978. The molecule has 2 atom stereocenters. The quantitative estimate of drug-likeness (QED) is 0.583. The van der Waals surface area contributed by atoms with E-state index in [0.717, 1.165) is 0 Å². The van der Waals surface area contributed by atoms with Crippen LogP contribution in [0.15, 0.2) is 0 Å². The zero-order chi connectivity index (χ0) is 7.44. The molecule has 2 unspecified atom stereocenters. The van der Waals surface area contributed by atoms with Crippen molar-refractivity contribution in [2.45, 2.75) is 31.3 Å². The molecule has 0 radical (unpaired) electrons. The summed E-state index contributed by atoms with van der Waals surface area (Å²) in [4.78, 5) is 0. The predicted octanol–water partition coefficient (Wildman–Crippen LogP) is 1.06. The van der Waals surface area contributed by atoms with E-state index in [2.05, 4.69) is 0 Å². The first kappa shape index (κ1) is 8.64. The molecule has 0 aliphatic carbocycles. The van der Waals surface area contributed by atoms with Crippen LogP contribution in [0.3, 0.4) is 0 Å². The van der Waals surface area contributed by atoms with Crippen molar-refractivity contribution < 1.29 is 4.21 Å². The summed E-state index contributed by atoms with van der Waals surface area (Å²) in [5.41, 5.74) is 0. The zero-order valence-electron chi connectivity index (χ0n) is 5.92. The van der Waals surface area contributed by atoms with Gasteiger partial charge in [0.1, 0.15) is 5.25 Å². The molecule has 9 heavy (non-hydrogen) atoms. The Kier molecular flexibility index (Phi) is 3.48. The van der Waals surface area contributed by atoms with Gasteiger partial charge >= 0.3 is 0 Å². The summed E-state index contributed by atoms with van der Waals surface area (Å²) in [6.45, 7) is 5.38. The van der Waals surface area contributed by atoms with Crippen LogP contribution >= 0.6 is 0 Å². The smallest absolute Gasteiger partial charge is 0.119 e. The fraction of sp³-hybridized carbons (Fsp3) is 0.833. The molecule has 52 valence electrons. The van der Waals surface area contributed by atoms with Crippen LogP contribution in [0, 0.1) is 11.3 Å². The molecule has 0 aromatic rings. The molecule has 0 aromatic carbocycles. The largest absolute Gasteiger partial charge is 0.258 e. The van der Waals surface area contributed by atoms with Crippen LogP contribution in [-0.2, 0) is 10.8 Å². The summed E-state index contributed by atoms with van der Waals surface area (Å²) in [6, 6.07) is 1.95. The van der Waals surface area contributed by atoms with Crippen LogP contribution in [0.2, 0.25) is 0 Å². The molecule has 0 spiro atoms. The van der Waals surface area contributed by atoms with Crippen molar-refractivity contribution in [3.8, 4) is 6.07 Å². The van der Waals surface area contributed by atoms with E-state index in [1.807, 2.05) is 19.9 Å². The lowest BCUT2D eigenvalue weighted by Crippen LogP contribution is -2.16. The standard InChI is InChI=1S/C6H11NOS/c1-5(2)9(8)6(3)4-7/h5-6H,1-3H3. The number of hydrogen-bond acceptors (Lipinski definition) is 2. The molecular formula is C6H11NOS. The minimum absolute atomic E-state index is 0.0969. The highest BCUT2D eigenvalue weighted by molar-refractivity contribution is 7.86. The van der Waals surface area contributed by atoms with Gasteiger partial charge in [0.25, 0.3) is 0 Å². The average molecular weight is 145 g/mol. The van der Waals surface area contributed by atoms with Gasteiger partial charge in [-0.1, -0.05) is 13.8 Å². The van der Waals surface area contributed by atoms with E-state index in [4.69, 9.17) is 5.26 Å². The fourth-order valence-electron chi connectivity index (χ4n) is 0.460. The Labute approximate surface area is 58.3 Å². The third-order valence-corrected chi connectivity index (χ3v) is 2.73. The first-order valence-electron chi connectivity index (χ1n) is 2.88. The Morgan fingerprint density at radius 1 is 1.44 bits per heavy atom. The van der Waals surface area contributed by atoms with E-state index < -0.39 is 10.8 Å². The van der Waals surface area contributed by atoms with E-state index in [1.165, 1.54) is 0 Å². The first-order chi connectivity index (χ1) is 4.09. The third kappa shape index (κ3) is 2.62. The SMILES string of the molecule is CC(C)S(=O)C(C)C#N. The second-order valence-corrected chi connectivity index (χ2v) is 4.46. The maximum absolute atomic E-state index is 11.0. The Morgan fingerprint density at radius 3 is 2.00 bits per heavy atom. The number of hydrogen-bond donors (Lipinski definition) is 0. The van der Waals surface area contributed by atoms with E-state index >= 15 is 0 Å². The van der Waals surface area contributed by atoms with Gasteiger partial charge in [0.15, 0.2) is 0 Å². The number of nitrogens with zero attached hydrogens (tertiary/aromatic N) is 1. The van der Waals surface area contributed by atoms with Crippen LogP contribution in [0.25, 0.3) is 0 Å². The average Bonchev–Trinajstić information content (AvgIpc) is 1.84. The third-order valence-electron chi connectivity index (χ3n) is 0.995. The normalized spacial score (nSPS) is 16.8. The van der Waals surface area contributed by atoms with E-state index in [1.54, 1.807) is 6.92 Å². The second-order valence-electron chi connectivity index (χ2n) is 2.15. The Morgan fingerprint density at radius 2 is 1.89 bits per heavy atom. The van der Waals surface area contributed by atoms with Crippen molar-refractivity contribution in [3.05, 3.63) is 0 Å². The maximum atomic E-state index is 11.0. The fourth-order valence-corrected chi connectivity index (χ4v) is 1.38. The van der Waals surface area contributed by atoms with Crippen molar-refractivity contribution in [1.82, 2.24) is 0 Å². The van der Waals surface area contributed by atoms with Crippen molar-refractivity contribution in [2.75, 3.05) is 0 Å². The monoisotopic (exact) mass is 145 g/mol. The van der Waals surface area contributed by atoms with Gasteiger partial charge in [0, 0.05) is 16.0 Å². The Balaban J connectivity index is 3.92. The Hall–Kier alpha value is -0.360. The van der Waals surface area contributed by atoms with Gasteiger partial charge in [-0.05, 0) is 6.92 Å². The highest BCUT2D eigenvalue weighted by atomic mass is 32.2. The zero-order valence-corrected chi connectivity index (χ0v) is 6.73.